The third-order valence-electron chi connectivity index (χ3n) is 1.62. The number of benzene rings is 1. The molecule has 0 heterocycles. The Morgan fingerprint density at radius 2 is 2.12 bits per heavy atom. The molecule has 0 unspecified atom stereocenters. The van der Waals surface area contributed by atoms with Crippen molar-refractivity contribution in [3.05, 3.63) is 46.5 Å². The van der Waals surface area contributed by atoms with Gasteiger partial charge in [0.15, 0.2) is 0 Å². The molecule has 0 N–H and O–H groups in total. The third kappa shape index (κ3) is 3.09. The summed E-state index contributed by atoms with van der Waals surface area (Å²) >= 11 is 0.660. The van der Waals surface area contributed by atoms with Crippen LogP contribution in [0.2, 0.25) is 0 Å². The van der Waals surface area contributed by atoms with Gasteiger partial charge in [-0.15, -0.1) is 0 Å². The molecular formula is C10H9NO4S. The number of nitrogens with zero attached hydrogens (tertiary/aromatic N) is 1. The summed E-state index contributed by atoms with van der Waals surface area (Å²) in [5, 5.41) is 10.6. The molecule has 0 bridgehead atoms. The Morgan fingerprint density at radius 1 is 1.50 bits per heavy atom. The van der Waals surface area contributed by atoms with Crippen LogP contribution in [0.15, 0.2) is 41.3 Å². The van der Waals surface area contributed by atoms with Crippen LogP contribution in [-0.2, 0) is 8.98 Å². The molecule has 1 aromatic carbocycles. The average molecular weight is 239 g/mol. The monoisotopic (exact) mass is 239 g/mol. The summed E-state index contributed by atoms with van der Waals surface area (Å²) < 4.78 is 4.75. The van der Waals surface area contributed by atoms with Gasteiger partial charge in [-0.2, -0.15) is 0 Å². The quantitative estimate of drug-likeness (QED) is 0.349. The van der Waals surface area contributed by atoms with Gasteiger partial charge in [0.25, 0.3) is 5.69 Å². The van der Waals surface area contributed by atoms with Crippen molar-refractivity contribution in [1.82, 2.24) is 0 Å². The van der Waals surface area contributed by atoms with E-state index < -0.39 is 10.9 Å². The van der Waals surface area contributed by atoms with Gasteiger partial charge in [-0.3, -0.25) is 10.1 Å². The predicted molar refractivity (Wildman–Crippen MR) is 59.9 cm³/mol. The molecule has 6 heteroatoms. The number of para-hydroxylation sites is 1. The number of rotatable bonds is 4. The molecule has 0 saturated heterocycles. The van der Waals surface area contributed by atoms with Crippen LogP contribution >= 0.6 is 12.0 Å². The predicted octanol–water partition coefficient (Wildman–Crippen LogP) is 2.72. The first-order valence-electron chi connectivity index (χ1n) is 4.30. The van der Waals surface area contributed by atoms with Crippen molar-refractivity contribution in [3.63, 3.8) is 0 Å². The van der Waals surface area contributed by atoms with E-state index in [0.29, 0.717) is 12.0 Å². The summed E-state index contributed by atoms with van der Waals surface area (Å²) in [6.45, 7) is 4.91. The number of hydrogen-bond donors (Lipinski definition) is 0. The summed E-state index contributed by atoms with van der Waals surface area (Å²) in [7, 11) is 0. The maximum atomic E-state index is 11.1. The van der Waals surface area contributed by atoms with Crippen LogP contribution in [0.25, 0.3) is 0 Å². The van der Waals surface area contributed by atoms with Crippen molar-refractivity contribution in [2.75, 3.05) is 0 Å². The number of hydrogen-bond acceptors (Lipinski definition) is 5. The minimum absolute atomic E-state index is 0.0954. The van der Waals surface area contributed by atoms with Crippen LogP contribution in [0.3, 0.4) is 0 Å². The van der Waals surface area contributed by atoms with Gasteiger partial charge < -0.3 is 4.18 Å². The molecule has 84 valence electrons. The van der Waals surface area contributed by atoms with Gasteiger partial charge in [0.05, 0.1) is 4.92 Å². The molecule has 0 spiro atoms. The third-order valence-corrected chi connectivity index (χ3v) is 2.38. The lowest BCUT2D eigenvalue weighted by atomic mass is 10.3. The molecule has 16 heavy (non-hydrogen) atoms. The number of nitro groups is 1. The van der Waals surface area contributed by atoms with E-state index in [0.717, 1.165) is 0 Å². The summed E-state index contributed by atoms with van der Waals surface area (Å²) in [6, 6.07) is 6.03. The lowest BCUT2D eigenvalue weighted by molar-refractivity contribution is -0.387. The van der Waals surface area contributed by atoms with E-state index in [2.05, 4.69) is 6.58 Å². The van der Waals surface area contributed by atoms with Gasteiger partial charge in [0, 0.05) is 11.6 Å². The minimum Gasteiger partial charge on any atom is -0.382 e. The van der Waals surface area contributed by atoms with E-state index in [4.69, 9.17) is 4.18 Å². The molecule has 0 amide bonds. The van der Waals surface area contributed by atoms with Gasteiger partial charge in [0.2, 0.25) is 0 Å². The molecule has 0 aliphatic rings. The van der Waals surface area contributed by atoms with Crippen LogP contribution in [-0.4, -0.2) is 10.9 Å². The van der Waals surface area contributed by atoms with Crippen LogP contribution < -0.4 is 0 Å². The topological polar surface area (TPSA) is 69.4 Å². The van der Waals surface area contributed by atoms with Crippen molar-refractivity contribution in [3.8, 4) is 0 Å². The maximum absolute atomic E-state index is 11.1. The fraction of sp³-hybridized carbons (Fsp3) is 0.100. The summed E-state index contributed by atoms with van der Waals surface area (Å²) in [4.78, 5) is 21.5. The zero-order valence-corrected chi connectivity index (χ0v) is 9.32. The van der Waals surface area contributed by atoms with Gasteiger partial charge in [-0.05, 0) is 13.0 Å². The average Bonchev–Trinajstić information content (AvgIpc) is 2.25. The first-order chi connectivity index (χ1) is 7.52. The first kappa shape index (κ1) is 12.3. The lowest BCUT2D eigenvalue weighted by Crippen LogP contribution is -1.99. The fourth-order valence-electron chi connectivity index (χ4n) is 0.832. The van der Waals surface area contributed by atoms with E-state index in [1.165, 1.54) is 19.1 Å². The Morgan fingerprint density at radius 3 is 2.69 bits per heavy atom. The number of carbonyl (C=O) groups is 1. The molecule has 0 aliphatic carbocycles. The van der Waals surface area contributed by atoms with Crippen LogP contribution in [0.5, 0.6) is 0 Å². The van der Waals surface area contributed by atoms with E-state index in [1.807, 2.05) is 0 Å². The highest BCUT2D eigenvalue weighted by molar-refractivity contribution is 7.95. The van der Waals surface area contributed by atoms with Gasteiger partial charge >= 0.3 is 5.97 Å². The summed E-state index contributed by atoms with van der Waals surface area (Å²) in [5.74, 6) is -0.594. The molecule has 0 radical (unpaired) electrons. The second kappa shape index (κ2) is 5.32. The van der Waals surface area contributed by atoms with Crippen LogP contribution in [0.4, 0.5) is 5.69 Å². The van der Waals surface area contributed by atoms with Crippen molar-refractivity contribution in [1.29, 1.82) is 0 Å². The first-order valence-corrected chi connectivity index (χ1v) is 5.04. The molecule has 1 aromatic rings. The smallest absolute Gasteiger partial charge is 0.345 e. The molecule has 0 saturated carbocycles. The zero-order valence-electron chi connectivity index (χ0n) is 8.50. The second-order valence-electron chi connectivity index (χ2n) is 2.96. The molecule has 0 fully saturated rings. The molecular weight excluding hydrogens is 230 g/mol. The lowest BCUT2D eigenvalue weighted by Gasteiger charge is -2.02. The zero-order chi connectivity index (χ0) is 12.1. The molecule has 5 nitrogen and oxygen atoms in total. The van der Waals surface area contributed by atoms with E-state index in [1.54, 1.807) is 12.1 Å². The fourth-order valence-corrected chi connectivity index (χ4v) is 1.50. The van der Waals surface area contributed by atoms with E-state index in [-0.39, 0.29) is 16.2 Å². The second-order valence-corrected chi connectivity index (χ2v) is 3.73. The SMILES string of the molecule is C=C(C)C(=O)OSc1ccccc1[N+](=O)[O-]. The Hall–Kier alpha value is -1.82. The molecule has 1 rings (SSSR count). The van der Waals surface area contributed by atoms with Crippen molar-refractivity contribution in [2.24, 2.45) is 0 Å². The van der Waals surface area contributed by atoms with Crippen LogP contribution in [0, 0.1) is 10.1 Å². The van der Waals surface area contributed by atoms with Crippen molar-refractivity contribution in [2.45, 2.75) is 11.8 Å². The van der Waals surface area contributed by atoms with Crippen molar-refractivity contribution >= 4 is 23.7 Å². The normalized spacial score (nSPS) is 9.56. The van der Waals surface area contributed by atoms with E-state index in [9.17, 15) is 14.9 Å². The number of nitro benzene ring substituents is 1. The molecule has 0 aliphatic heterocycles. The maximum Gasteiger partial charge on any atom is 0.345 e. The largest absolute Gasteiger partial charge is 0.382 e. The van der Waals surface area contributed by atoms with Gasteiger partial charge in [-0.25, -0.2) is 4.79 Å². The number of carbonyl (C=O) groups excluding carboxylic acids is 1. The van der Waals surface area contributed by atoms with E-state index >= 15 is 0 Å². The Kier molecular flexibility index (Phi) is 4.07. The highest BCUT2D eigenvalue weighted by Crippen LogP contribution is 2.29. The summed E-state index contributed by atoms with van der Waals surface area (Å²) in [5.41, 5.74) is 0.146. The Labute approximate surface area is 96.5 Å². The van der Waals surface area contributed by atoms with Gasteiger partial charge in [0.1, 0.15) is 16.9 Å². The minimum atomic E-state index is -0.594. The van der Waals surface area contributed by atoms with Crippen LogP contribution in [0.1, 0.15) is 6.92 Å². The standard InChI is InChI=1S/C10H9NO4S/c1-7(2)10(12)15-16-9-6-4-3-5-8(9)11(13)14/h3-6H,1H2,2H3. The molecule has 0 atom stereocenters. The Balaban J connectivity index is 2.78. The highest BCUT2D eigenvalue weighted by atomic mass is 32.2. The summed E-state index contributed by atoms with van der Waals surface area (Å²) in [6.07, 6.45) is 0. The van der Waals surface area contributed by atoms with Gasteiger partial charge in [-0.1, -0.05) is 18.7 Å². The Bertz CT molecular complexity index is 444. The van der Waals surface area contributed by atoms with Crippen molar-refractivity contribution < 1.29 is 13.9 Å². The molecule has 0 aromatic heterocycles. The highest BCUT2D eigenvalue weighted by Gasteiger charge is 2.15.